The van der Waals surface area contributed by atoms with Crippen molar-refractivity contribution in [2.75, 3.05) is 31.1 Å². The molecule has 9 heteroatoms. The molecule has 0 atom stereocenters. The molecule has 0 saturated carbocycles. The first-order valence-electron chi connectivity index (χ1n) is 11.1. The normalized spacial score (nSPS) is 14.1. The van der Waals surface area contributed by atoms with E-state index in [4.69, 9.17) is 4.52 Å². The molecular formula is C25H24FN5O3. The van der Waals surface area contributed by atoms with Crippen LogP contribution in [0.15, 0.2) is 58.1 Å². The van der Waals surface area contributed by atoms with Gasteiger partial charge in [0.05, 0.1) is 0 Å². The Morgan fingerprint density at radius 3 is 2.53 bits per heavy atom. The number of fused-ring (bicyclic) bond motifs is 1. The molecule has 1 aliphatic heterocycles. The van der Waals surface area contributed by atoms with Crippen LogP contribution in [0.25, 0.3) is 22.4 Å². The van der Waals surface area contributed by atoms with Crippen molar-refractivity contribution in [2.45, 2.75) is 20.4 Å². The van der Waals surface area contributed by atoms with Crippen molar-refractivity contribution in [3.05, 3.63) is 76.1 Å². The summed E-state index contributed by atoms with van der Waals surface area (Å²) in [6, 6.07) is 12.0. The Hall–Kier alpha value is -4.01. The second-order valence-corrected chi connectivity index (χ2v) is 8.55. The molecule has 0 aliphatic carbocycles. The first-order chi connectivity index (χ1) is 16.4. The molecule has 0 radical (unpaired) electrons. The third kappa shape index (κ3) is 4.05. The van der Waals surface area contributed by atoms with Gasteiger partial charge in [0, 0.05) is 37.4 Å². The lowest BCUT2D eigenvalue weighted by Crippen LogP contribution is -2.50. The van der Waals surface area contributed by atoms with Crippen LogP contribution in [0.5, 0.6) is 0 Å². The summed E-state index contributed by atoms with van der Waals surface area (Å²) in [5.74, 6) is -0.543. The average Bonchev–Trinajstić information content (AvgIpc) is 3.28. The molecule has 1 aliphatic rings. The van der Waals surface area contributed by atoms with E-state index in [2.05, 4.69) is 47.1 Å². The molecule has 2 aromatic carbocycles. The van der Waals surface area contributed by atoms with Crippen molar-refractivity contribution in [1.29, 1.82) is 0 Å². The smallest absolute Gasteiger partial charge is 0.267 e. The zero-order valence-electron chi connectivity index (χ0n) is 19.0. The number of rotatable bonds is 4. The standard InChI is InChI=1S/C25H24FN5O3/c1-16-3-4-17(2)20(13-16)29-9-11-30(12-10-29)21(32)14-31-15-27-24-22(25(31)33)23(28-34-24)18-5-7-19(26)8-6-18/h3-8,13,15H,9-12,14H2,1-2H3. The molecular weight excluding hydrogens is 437 g/mol. The summed E-state index contributed by atoms with van der Waals surface area (Å²) in [5.41, 5.74) is 4.07. The predicted molar refractivity (Wildman–Crippen MR) is 126 cm³/mol. The van der Waals surface area contributed by atoms with E-state index >= 15 is 0 Å². The molecule has 0 unspecified atom stereocenters. The lowest BCUT2D eigenvalue weighted by Gasteiger charge is -2.37. The molecule has 3 heterocycles. The van der Waals surface area contributed by atoms with Crippen molar-refractivity contribution in [3.63, 3.8) is 0 Å². The molecule has 0 bridgehead atoms. The van der Waals surface area contributed by atoms with Crippen molar-refractivity contribution in [1.82, 2.24) is 19.6 Å². The molecule has 174 valence electrons. The Bertz CT molecular complexity index is 1420. The van der Waals surface area contributed by atoms with Crippen LogP contribution in [-0.4, -0.2) is 51.7 Å². The highest BCUT2D eigenvalue weighted by Gasteiger charge is 2.24. The summed E-state index contributed by atoms with van der Waals surface area (Å²) >= 11 is 0. The van der Waals surface area contributed by atoms with E-state index in [-0.39, 0.29) is 29.2 Å². The number of halogens is 1. The van der Waals surface area contributed by atoms with Crippen LogP contribution in [0, 0.1) is 19.7 Å². The van der Waals surface area contributed by atoms with E-state index in [9.17, 15) is 14.0 Å². The van der Waals surface area contributed by atoms with E-state index in [1.165, 1.54) is 52.0 Å². The Kier molecular flexibility index (Phi) is 5.61. The van der Waals surface area contributed by atoms with Gasteiger partial charge in [0.25, 0.3) is 11.3 Å². The fourth-order valence-electron chi connectivity index (χ4n) is 4.30. The number of benzene rings is 2. The summed E-state index contributed by atoms with van der Waals surface area (Å²) in [4.78, 5) is 34.3. The summed E-state index contributed by atoms with van der Waals surface area (Å²) in [7, 11) is 0. The van der Waals surface area contributed by atoms with Crippen LogP contribution in [0.2, 0.25) is 0 Å². The number of amides is 1. The van der Waals surface area contributed by atoms with Gasteiger partial charge in [0.15, 0.2) is 0 Å². The highest BCUT2D eigenvalue weighted by Crippen LogP contribution is 2.25. The lowest BCUT2D eigenvalue weighted by molar-refractivity contribution is -0.132. The molecule has 34 heavy (non-hydrogen) atoms. The molecule has 1 amide bonds. The van der Waals surface area contributed by atoms with Crippen molar-refractivity contribution in [3.8, 4) is 11.3 Å². The number of nitrogens with zero attached hydrogens (tertiary/aromatic N) is 5. The monoisotopic (exact) mass is 461 g/mol. The lowest BCUT2D eigenvalue weighted by atomic mass is 10.1. The van der Waals surface area contributed by atoms with Crippen LogP contribution >= 0.6 is 0 Å². The summed E-state index contributed by atoms with van der Waals surface area (Å²) in [6.45, 7) is 6.63. The van der Waals surface area contributed by atoms with Gasteiger partial charge in [-0.3, -0.25) is 14.2 Å². The molecule has 4 aromatic rings. The van der Waals surface area contributed by atoms with Gasteiger partial charge in [-0.05, 0) is 55.3 Å². The zero-order valence-corrected chi connectivity index (χ0v) is 19.0. The predicted octanol–water partition coefficient (Wildman–Crippen LogP) is 3.16. The fraction of sp³-hybridized carbons (Fsp3) is 0.280. The molecule has 8 nitrogen and oxygen atoms in total. The number of hydrogen-bond acceptors (Lipinski definition) is 6. The highest BCUT2D eigenvalue weighted by molar-refractivity contribution is 5.88. The Morgan fingerprint density at radius 2 is 1.79 bits per heavy atom. The number of hydrogen-bond donors (Lipinski definition) is 0. The maximum absolute atomic E-state index is 13.3. The third-order valence-corrected chi connectivity index (χ3v) is 6.22. The van der Waals surface area contributed by atoms with Gasteiger partial charge in [0.1, 0.15) is 29.8 Å². The minimum Gasteiger partial charge on any atom is -0.368 e. The first-order valence-corrected chi connectivity index (χ1v) is 11.1. The molecule has 2 aromatic heterocycles. The third-order valence-electron chi connectivity index (χ3n) is 6.22. The van der Waals surface area contributed by atoms with Crippen LogP contribution in [0.4, 0.5) is 10.1 Å². The molecule has 1 saturated heterocycles. The largest absolute Gasteiger partial charge is 0.368 e. The van der Waals surface area contributed by atoms with Crippen molar-refractivity contribution < 1.29 is 13.7 Å². The van der Waals surface area contributed by atoms with Gasteiger partial charge in [-0.2, -0.15) is 0 Å². The van der Waals surface area contributed by atoms with Crippen molar-refractivity contribution >= 4 is 22.7 Å². The van der Waals surface area contributed by atoms with E-state index < -0.39 is 11.4 Å². The minimum absolute atomic E-state index is 0.0789. The van der Waals surface area contributed by atoms with Crippen LogP contribution in [0.1, 0.15) is 11.1 Å². The van der Waals surface area contributed by atoms with Gasteiger partial charge >= 0.3 is 0 Å². The molecule has 0 spiro atoms. The fourth-order valence-corrected chi connectivity index (χ4v) is 4.30. The number of anilines is 1. The van der Waals surface area contributed by atoms with Crippen molar-refractivity contribution in [2.24, 2.45) is 0 Å². The SMILES string of the molecule is Cc1ccc(C)c(N2CCN(C(=O)Cn3cnc4onc(-c5ccc(F)cc5)c4c3=O)CC2)c1. The second-order valence-electron chi connectivity index (χ2n) is 8.55. The second kappa shape index (κ2) is 8.74. The highest BCUT2D eigenvalue weighted by atomic mass is 19.1. The summed E-state index contributed by atoms with van der Waals surface area (Å²) in [6.07, 6.45) is 1.30. The molecule has 0 N–H and O–H groups in total. The van der Waals surface area contributed by atoms with E-state index in [1.54, 1.807) is 4.90 Å². The van der Waals surface area contributed by atoms with Crippen LogP contribution in [0.3, 0.4) is 0 Å². The zero-order chi connectivity index (χ0) is 23.8. The van der Waals surface area contributed by atoms with Crippen LogP contribution < -0.4 is 10.5 Å². The van der Waals surface area contributed by atoms with Gasteiger partial charge in [-0.25, -0.2) is 9.37 Å². The summed E-state index contributed by atoms with van der Waals surface area (Å²) < 4.78 is 19.8. The molecule has 1 fully saturated rings. The number of carbonyl (C=O) groups is 1. The van der Waals surface area contributed by atoms with E-state index in [0.29, 0.717) is 18.7 Å². The maximum atomic E-state index is 13.3. The Morgan fingerprint density at radius 1 is 1.06 bits per heavy atom. The summed E-state index contributed by atoms with van der Waals surface area (Å²) in [5, 5.41) is 4.11. The molecule has 5 rings (SSSR count). The van der Waals surface area contributed by atoms with Gasteiger partial charge in [-0.1, -0.05) is 17.3 Å². The Labute approximate surface area is 195 Å². The quantitative estimate of drug-likeness (QED) is 0.464. The number of carbonyl (C=O) groups excluding carboxylic acids is 1. The number of aryl methyl sites for hydroxylation is 2. The van der Waals surface area contributed by atoms with E-state index in [1.807, 2.05) is 0 Å². The number of aromatic nitrogens is 3. The number of piperazine rings is 1. The average molecular weight is 461 g/mol. The maximum Gasteiger partial charge on any atom is 0.267 e. The van der Waals surface area contributed by atoms with E-state index in [0.717, 1.165) is 13.1 Å². The first kappa shape index (κ1) is 21.8. The van der Waals surface area contributed by atoms with Gasteiger partial charge in [0.2, 0.25) is 5.91 Å². The van der Waals surface area contributed by atoms with Crippen LogP contribution in [-0.2, 0) is 11.3 Å². The topological polar surface area (TPSA) is 84.5 Å². The minimum atomic E-state index is -0.423. The Balaban J connectivity index is 1.33. The van der Waals surface area contributed by atoms with Gasteiger partial charge < -0.3 is 14.3 Å². The van der Waals surface area contributed by atoms with Gasteiger partial charge in [-0.15, -0.1) is 0 Å².